The predicted octanol–water partition coefficient (Wildman–Crippen LogP) is 2.50. The fraction of sp³-hybridized carbons (Fsp3) is 0.562. The van der Waals surface area contributed by atoms with E-state index in [2.05, 4.69) is 18.7 Å². The van der Waals surface area contributed by atoms with Crippen LogP contribution in [0.5, 0.6) is 0 Å². The number of methoxy groups -OCH3 is 1. The first-order chi connectivity index (χ1) is 9.03. The fourth-order valence-corrected chi connectivity index (χ4v) is 2.17. The highest BCUT2D eigenvalue weighted by atomic mass is 16.5. The predicted molar refractivity (Wildman–Crippen MR) is 78.4 cm³/mol. The minimum Gasteiger partial charge on any atom is -0.383 e. The van der Waals surface area contributed by atoms with E-state index in [4.69, 9.17) is 4.74 Å². The van der Waals surface area contributed by atoms with Gasteiger partial charge in [-0.05, 0) is 26.3 Å². The molecular weight excluding hydrogens is 238 g/mol. The standard InChI is InChI=1S/C16H25NO2/c1-14(2)17(10-11-19-4)12-16(3,13-18)15-8-6-5-7-9-15/h5-9,13-14H,10-12H2,1-4H3. The Labute approximate surface area is 116 Å². The molecule has 0 bridgehead atoms. The molecule has 1 rings (SSSR count). The summed E-state index contributed by atoms with van der Waals surface area (Å²) in [5.41, 5.74) is 0.590. The molecule has 0 amide bonds. The van der Waals surface area contributed by atoms with Gasteiger partial charge < -0.3 is 9.53 Å². The second-order valence-electron chi connectivity index (χ2n) is 5.46. The summed E-state index contributed by atoms with van der Waals surface area (Å²) in [4.78, 5) is 13.9. The van der Waals surface area contributed by atoms with Crippen LogP contribution in [-0.2, 0) is 14.9 Å². The summed E-state index contributed by atoms with van der Waals surface area (Å²) >= 11 is 0. The zero-order valence-electron chi connectivity index (χ0n) is 12.4. The third-order valence-electron chi connectivity index (χ3n) is 3.54. The van der Waals surface area contributed by atoms with Crippen LogP contribution < -0.4 is 0 Å². The first kappa shape index (κ1) is 15.9. The Balaban J connectivity index is 2.86. The number of carbonyl (C=O) groups excluding carboxylic acids is 1. The second-order valence-corrected chi connectivity index (χ2v) is 5.46. The van der Waals surface area contributed by atoms with Crippen LogP contribution in [0.1, 0.15) is 26.3 Å². The highest BCUT2D eigenvalue weighted by Crippen LogP contribution is 2.23. The van der Waals surface area contributed by atoms with Crippen molar-refractivity contribution in [1.82, 2.24) is 4.90 Å². The summed E-state index contributed by atoms with van der Waals surface area (Å²) in [7, 11) is 1.70. The van der Waals surface area contributed by atoms with Crippen molar-refractivity contribution in [3.63, 3.8) is 0 Å². The maximum Gasteiger partial charge on any atom is 0.131 e. The molecule has 0 saturated carbocycles. The molecule has 0 aliphatic rings. The van der Waals surface area contributed by atoms with Crippen LogP contribution in [-0.4, -0.2) is 44.0 Å². The molecule has 0 spiro atoms. The van der Waals surface area contributed by atoms with Gasteiger partial charge in [0.25, 0.3) is 0 Å². The average Bonchev–Trinajstić information content (AvgIpc) is 2.43. The van der Waals surface area contributed by atoms with Crippen LogP contribution >= 0.6 is 0 Å². The van der Waals surface area contributed by atoms with Crippen molar-refractivity contribution in [3.05, 3.63) is 35.9 Å². The van der Waals surface area contributed by atoms with Crippen molar-refractivity contribution in [2.45, 2.75) is 32.2 Å². The summed E-state index contributed by atoms with van der Waals surface area (Å²) in [5.74, 6) is 0. The lowest BCUT2D eigenvalue weighted by molar-refractivity contribution is -0.113. The van der Waals surface area contributed by atoms with Crippen molar-refractivity contribution in [2.24, 2.45) is 0 Å². The Bertz CT molecular complexity index is 378. The van der Waals surface area contributed by atoms with E-state index in [-0.39, 0.29) is 0 Å². The van der Waals surface area contributed by atoms with Crippen LogP contribution in [0, 0.1) is 0 Å². The lowest BCUT2D eigenvalue weighted by atomic mass is 9.83. The first-order valence-corrected chi connectivity index (χ1v) is 6.78. The molecule has 0 radical (unpaired) electrons. The molecule has 3 nitrogen and oxygen atoms in total. The number of aldehydes is 1. The minimum atomic E-state index is -0.473. The number of benzene rings is 1. The van der Waals surface area contributed by atoms with E-state index in [0.29, 0.717) is 19.2 Å². The van der Waals surface area contributed by atoms with Gasteiger partial charge in [0.15, 0.2) is 0 Å². The molecule has 0 aliphatic carbocycles. The minimum absolute atomic E-state index is 0.387. The zero-order chi connectivity index (χ0) is 14.3. The van der Waals surface area contributed by atoms with Gasteiger partial charge in [-0.2, -0.15) is 0 Å². The van der Waals surface area contributed by atoms with Crippen LogP contribution in [0.25, 0.3) is 0 Å². The van der Waals surface area contributed by atoms with Crippen LogP contribution in [0.3, 0.4) is 0 Å². The molecule has 0 aliphatic heterocycles. The third kappa shape index (κ3) is 4.44. The molecule has 0 saturated heterocycles. The third-order valence-corrected chi connectivity index (χ3v) is 3.54. The van der Waals surface area contributed by atoms with Crippen molar-refractivity contribution in [2.75, 3.05) is 26.8 Å². The number of ether oxygens (including phenoxy) is 1. The van der Waals surface area contributed by atoms with Gasteiger partial charge in [-0.1, -0.05) is 30.3 Å². The van der Waals surface area contributed by atoms with E-state index in [0.717, 1.165) is 18.4 Å². The molecule has 0 heterocycles. The molecule has 3 heteroatoms. The summed E-state index contributed by atoms with van der Waals surface area (Å²) in [5, 5.41) is 0. The van der Waals surface area contributed by atoms with Gasteiger partial charge in [0.2, 0.25) is 0 Å². The summed E-state index contributed by atoms with van der Waals surface area (Å²) in [6.07, 6.45) is 1.06. The molecule has 106 valence electrons. The smallest absolute Gasteiger partial charge is 0.131 e. The molecule has 19 heavy (non-hydrogen) atoms. The van der Waals surface area contributed by atoms with Gasteiger partial charge in [-0.3, -0.25) is 4.90 Å². The van der Waals surface area contributed by atoms with E-state index in [9.17, 15) is 4.79 Å². The maximum absolute atomic E-state index is 11.6. The van der Waals surface area contributed by atoms with Crippen molar-refractivity contribution >= 4 is 6.29 Å². The number of carbonyl (C=O) groups is 1. The average molecular weight is 263 g/mol. The Morgan fingerprint density at radius 2 is 1.95 bits per heavy atom. The van der Waals surface area contributed by atoms with Gasteiger partial charge in [-0.15, -0.1) is 0 Å². The van der Waals surface area contributed by atoms with E-state index >= 15 is 0 Å². The molecular formula is C16H25NO2. The Kier molecular flexibility index (Phi) is 6.19. The molecule has 0 aromatic heterocycles. The normalized spacial score (nSPS) is 14.6. The van der Waals surface area contributed by atoms with Gasteiger partial charge in [-0.25, -0.2) is 0 Å². The molecule has 1 aromatic rings. The van der Waals surface area contributed by atoms with Crippen molar-refractivity contribution in [3.8, 4) is 0 Å². The van der Waals surface area contributed by atoms with Crippen LogP contribution in [0.4, 0.5) is 0 Å². The van der Waals surface area contributed by atoms with Crippen LogP contribution in [0.15, 0.2) is 30.3 Å². The molecule has 0 N–H and O–H groups in total. The molecule has 1 aromatic carbocycles. The lowest BCUT2D eigenvalue weighted by Crippen LogP contribution is -2.44. The van der Waals surface area contributed by atoms with Gasteiger partial charge in [0, 0.05) is 26.2 Å². The highest BCUT2D eigenvalue weighted by molar-refractivity contribution is 5.68. The van der Waals surface area contributed by atoms with Gasteiger partial charge in [0.1, 0.15) is 6.29 Å². The fourth-order valence-electron chi connectivity index (χ4n) is 2.17. The molecule has 1 atom stereocenters. The summed E-state index contributed by atoms with van der Waals surface area (Å²) in [6, 6.07) is 10.3. The number of rotatable bonds is 8. The topological polar surface area (TPSA) is 29.5 Å². The van der Waals surface area contributed by atoms with E-state index < -0.39 is 5.41 Å². The van der Waals surface area contributed by atoms with E-state index in [1.807, 2.05) is 37.3 Å². The SMILES string of the molecule is COCCN(CC(C)(C=O)c1ccccc1)C(C)C. The molecule has 0 fully saturated rings. The van der Waals surface area contributed by atoms with Crippen LogP contribution in [0.2, 0.25) is 0 Å². The highest BCUT2D eigenvalue weighted by Gasteiger charge is 2.29. The number of hydrogen-bond donors (Lipinski definition) is 0. The van der Waals surface area contributed by atoms with Gasteiger partial charge >= 0.3 is 0 Å². The monoisotopic (exact) mass is 263 g/mol. The van der Waals surface area contributed by atoms with Crippen molar-refractivity contribution in [1.29, 1.82) is 0 Å². The lowest BCUT2D eigenvalue weighted by Gasteiger charge is -2.34. The molecule has 1 unspecified atom stereocenters. The zero-order valence-corrected chi connectivity index (χ0v) is 12.4. The first-order valence-electron chi connectivity index (χ1n) is 6.78. The maximum atomic E-state index is 11.6. The number of nitrogens with zero attached hydrogens (tertiary/aromatic N) is 1. The Morgan fingerprint density at radius 1 is 1.32 bits per heavy atom. The largest absolute Gasteiger partial charge is 0.383 e. The van der Waals surface area contributed by atoms with Gasteiger partial charge in [0.05, 0.1) is 12.0 Å². The summed E-state index contributed by atoms with van der Waals surface area (Å²) in [6.45, 7) is 8.52. The second kappa shape index (κ2) is 7.41. The van der Waals surface area contributed by atoms with Crippen molar-refractivity contribution < 1.29 is 9.53 Å². The Morgan fingerprint density at radius 3 is 2.42 bits per heavy atom. The quantitative estimate of drug-likeness (QED) is 0.675. The van der Waals surface area contributed by atoms with E-state index in [1.165, 1.54) is 0 Å². The number of hydrogen-bond acceptors (Lipinski definition) is 3. The Hall–Kier alpha value is -1.19. The van der Waals surface area contributed by atoms with E-state index in [1.54, 1.807) is 7.11 Å². The summed E-state index contributed by atoms with van der Waals surface area (Å²) < 4.78 is 5.15.